The minimum Gasteiger partial charge on any atom is -0.493 e. The number of benzene rings is 2. The lowest BCUT2D eigenvalue weighted by molar-refractivity contribution is -0.123. The van der Waals surface area contributed by atoms with Crippen LogP contribution in [0.5, 0.6) is 17.2 Å². The zero-order chi connectivity index (χ0) is 18.8. The maximum Gasteiger partial charge on any atom is 0.277 e. The quantitative estimate of drug-likeness (QED) is 0.427. The van der Waals surface area contributed by atoms with Gasteiger partial charge in [0.25, 0.3) is 5.91 Å². The maximum absolute atomic E-state index is 11.8. The summed E-state index contributed by atoms with van der Waals surface area (Å²) < 4.78 is 16.2. The molecule has 0 aliphatic carbocycles. The number of rotatable bonds is 9. The van der Waals surface area contributed by atoms with Gasteiger partial charge in [-0.15, -0.1) is 0 Å². The summed E-state index contributed by atoms with van der Waals surface area (Å²) in [5.41, 5.74) is 4.24. The molecular weight excluding hydrogens is 332 g/mol. The third kappa shape index (κ3) is 5.98. The Kier molecular flexibility index (Phi) is 7.24. The molecule has 0 aromatic heterocycles. The third-order valence-electron chi connectivity index (χ3n) is 3.31. The van der Waals surface area contributed by atoms with E-state index < -0.39 is 0 Å². The zero-order valence-corrected chi connectivity index (χ0v) is 14.9. The zero-order valence-electron chi connectivity index (χ0n) is 14.9. The highest BCUT2D eigenvalue weighted by molar-refractivity contribution is 5.83. The Labute approximate surface area is 153 Å². The van der Waals surface area contributed by atoms with Gasteiger partial charge < -0.3 is 14.2 Å². The highest BCUT2D eigenvalue weighted by Crippen LogP contribution is 2.27. The van der Waals surface area contributed by atoms with Crippen LogP contribution in [0.3, 0.4) is 0 Å². The van der Waals surface area contributed by atoms with E-state index in [1.165, 1.54) is 6.21 Å². The van der Waals surface area contributed by atoms with Crippen LogP contribution in [0, 0.1) is 6.92 Å². The molecule has 1 N–H and O–H groups in total. The van der Waals surface area contributed by atoms with E-state index in [1.54, 1.807) is 37.5 Å². The number of aryl methyl sites for hydroxylation is 1. The van der Waals surface area contributed by atoms with Crippen LogP contribution in [0.2, 0.25) is 0 Å². The van der Waals surface area contributed by atoms with E-state index >= 15 is 0 Å². The minimum atomic E-state index is -0.347. The molecule has 6 nitrogen and oxygen atoms in total. The van der Waals surface area contributed by atoms with Crippen LogP contribution in [0.1, 0.15) is 11.1 Å². The Morgan fingerprint density at radius 2 is 2.04 bits per heavy atom. The van der Waals surface area contributed by atoms with Gasteiger partial charge in [0.1, 0.15) is 12.4 Å². The van der Waals surface area contributed by atoms with Crippen molar-refractivity contribution in [3.8, 4) is 17.2 Å². The van der Waals surface area contributed by atoms with Crippen molar-refractivity contribution >= 4 is 12.1 Å². The van der Waals surface area contributed by atoms with Crippen molar-refractivity contribution in [2.75, 3.05) is 20.3 Å². The highest BCUT2D eigenvalue weighted by atomic mass is 16.5. The molecule has 0 aliphatic heterocycles. The van der Waals surface area contributed by atoms with Gasteiger partial charge in [0.15, 0.2) is 18.1 Å². The summed E-state index contributed by atoms with van der Waals surface area (Å²) in [6.07, 6.45) is 3.17. The number of hydrogen-bond donors (Lipinski definition) is 1. The van der Waals surface area contributed by atoms with Crippen molar-refractivity contribution in [3.63, 3.8) is 0 Å². The van der Waals surface area contributed by atoms with E-state index in [0.717, 1.165) is 11.1 Å². The number of nitrogens with one attached hydrogen (secondary N) is 1. The number of carbonyl (C=O) groups excluding carboxylic acids is 1. The Bertz CT molecular complexity index is 787. The number of amides is 1. The molecule has 6 heteroatoms. The van der Waals surface area contributed by atoms with Crippen LogP contribution in [-0.4, -0.2) is 32.4 Å². The monoisotopic (exact) mass is 354 g/mol. The van der Waals surface area contributed by atoms with Crippen LogP contribution < -0.4 is 19.6 Å². The van der Waals surface area contributed by atoms with Gasteiger partial charge in [0.2, 0.25) is 0 Å². The van der Waals surface area contributed by atoms with Crippen molar-refractivity contribution in [2.24, 2.45) is 5.10 Å². The van der Waals surface area contributed by atoms with E-state index in [1.807, 2.05) is 25.1 Å². The average Bonchev–Trinajstić information content (AvgIpc) is 2.65. The molecule has 26 heavy (non-hydrogen) atoms. The van der Waals surface area contributed by atoms with Crippen LogP contribution in [0.15, 0.2) is 60.2 Å². The molecule has 0 saturated carbocycles. The maximum atomic E-state index is 11.8. The second-order valence-electron chi connectivity index (χ2n) is 5.41. The fraction of sp³-hybridized carbons (Fsp3) is 0.200. The molecule has 0 radical (unpaired) electrons. The summed E-state index contributed by atoms with van der Waals surface area (Å²) in [6, 6.07) is 12.8. The normalized spacial score (nSPS) is 10.4. The Morgan fingerprint density at radius 1 is 1.19 bits per heavy atom. The summed E-state index contributed by atoms with van der Waals surface area (Å²) in [7, 11) is 1.56. The fourth-order valence-corrected chi connectivity index (χ4v) is 2.10. The van der Waals surface area contributed by atoms with Crippen molar-refractivity contribution in [1.29, 1.82) is 0 Å². The van der Waals surface area contributed by atoms with Crippen molar-refractivity contribution in [1.82, 2.24) is 5.43 Å². The topological polar surface area (TPSA) is 69.2 Å². The smallest absolute Gasteiger partial charge is 0.277 e. The minimum absolute atomic E-state index is 0.113. The molecule has 0 bridgehead atoms. The van der Waals surface area contributed by atoms with Crippen LogP contribution in [0.4, 0.5) is 0 Å². The second-order valence-corrected chi connectivity index (χ2v) is 5.41. The predicted molar refractivity (Wildman–Crippen MR) is 101 cm³/mol. The van der Waals surface area contributed by atoms with Crippen LogP contribution in [0.25, 0.3) is 0 Å². The number of methoxy groups -OCH3 is 1. The first-order chi connectivity index (χ1) is 12.6. The van der Waals surface area contributed by atoms with Gasteiger partial charge in [-0.1, -0.05) is 24.8 Å². The molecule has 0 atom stereocenters. The number of hydrazone groups is 1. The molecule has 136 valence electrons. The number of ether oxygens (including phenoxy) is 3. The van der Waals surface area contributed by atoms with Crippen LogP contribution >= 0.6 is 0 Å². The van der Waals surface area contributed by atoms with Crippen molar-refractivity contribution in [2.45, 2.75) is 6.92 Å². The molecule has 1 amide bonds. The van der Waals surface area contributed by atoms with Gasteiger partial charge >= 0.3 is 0 Å². The molecule has 0 fully saturated rings. The third-order valence-corrected chi connectivity index (χ3v) is 3.31. The summed E-state index contributed by atoms with van der Waals surface area (Å²) >= 11 is 0. The fourth-order valence-electron chi connectivity index (χ4n) is 2.10. The Morgan fingerprint density at radius 3 is 2.77 bits per heavy atom. The summed E-state index contributed by atoms with van der Waals surface area (Å²) in [6.45, 7) is 5.84. The molecule has 2 aromatic rings. The number of hydrogen-bond acceptors (Lipinski definition) is 5. The van der Waals surface area contributed by atoms with Crippen molar-refractivity contribution in [3.05, 3.63) is 66.2 Å². The molecule has 0 heterocycles. The Hall–Kier alpha value is -3.28. The highest BCUT2D eigenvalue weighted by Gasteiger charge is 2.05. The molecule has 0 aliphatic rings. The van der Waals surface area contributed by atoms with Crippen molar-refractivity contribution < 1.29 is 19.0 Å². The van der Waals surface area contributed by atoms with Gasteiger partial charge in [0.05, 0.1) is 13.3 Å². The number of nitrogens with zero attached hydrogens (tertiary/aromatic N) is 1. The average molecular weight is 354 g/mol. The van der Waals surface area contributed by atoms with Gasteiger partial charge in [-0.3, -0.25) is 4.79 Å². The van der Waals surface area contributed by atoms with Gasteiger partial charge in [0, 0.05) is 0 Å². The molecule has 0 unspecified atom stereocenters. The van der Waals surface area contributed by atoms with E-state index in [2.05, 4.69) is 17.1 Å². The Balaban J connectivity index is 1.86. The summed E-state index contributed by atoms with van der Waals surface area (Å²) in [5, 5.41) is 3.92. The molecule has 2 aromatic carbocycles. The summed E-state index contributed by atoms with van der Waals surface area (Å²) in [4.78, 5) is 11.8. The number of carbonyl (C=O) groups is 1. The lowest BCUT2D eigenvalue weighted by Crippen LogP contribution is -2.24. The second kappa shape index (κ2) is 9.88. The standard InChI is InChI=1S/C20H22N2O4/c1-4-10-25-18-9-8-16(12-19(18)24-3)13-21-22-20(23)14-26-17-7-5-6-15(2)11-17/h4-9,11-13H,1,10,14H2,2-3H3,(H,22,23)/b21-13-. The van der Waals surface area contributed by atoms with E-state index in [-0.39, 0.29) is 12.5 Å². The first kappa shape index (κ1) is 19.1. The lowest BCUT2D eigenvalue weighted by Gasteiger charge is -2.09. The summed E-state index contributed by atoms with van der Waals surface area (Å²) in [5.74, 6) is 1.48. The largest absolute Gasteiger partial charge is 0.493 e. The first-order valence-electron chi connectivity index (χ1n) is 8.05. The molecule has 0 spiro atoms. The lowest BCUT2D eigenvalue weighted by atomic mass is 10.2. The first-order valence-corrected chi connectivity index (χ1v) is 8.05. The SMILES string of the molecule is C=CCOc1ccc(/C=N\NC(=O)COc2cccc(C)c2)cc1OC. The molecule has 2 rings (SSSR count). The molecule has 0 saturated heterocycles. The van der Waals surface area contributed by atoms with Crippen LogP contribution in [-0.2, 0) is 4.79 Å². The predicted octanol–water partition coefficient (Wildman–Crippen LogP) is 3.10. The van der Waals surface area contributed by atoms with E-state index in [4.69, 9.17) is 14.2 Å². The van der Waals surface area contributed by atoms with Gasteiger partial charge in [-0.25, -0.2) is 5.43 Å². The van der Waals surface area contributed by atoms with Gasteiger partial charge in [-0.2, -0.15) is 5.10 Å². The van der Waals surface area contributed by atoms with Gasteiger partial charge in [-0.05, 0) is 48.4 Å². The van der Waals surface area contributed by atoms with E-state index in [9.17, 15) is 4.79 Å². The van der Waals surface area contributed by atoms with E-state index in [0.29, 0.717) is 23.9 Å². The molecular formula is C20H22N2O4.